The van der Waals surface area contributed by atoms with Gasteiger partial charge in [0.05, 0.1) is 10.6 Å². The van der Waals surface area contributed by atoms with Gasteiger partial charge in [-0.3, -0.25) is 0 Å². The zero-order chi connectivity index (χ0) is 19.9. The van der Waals surface area contributed by atoms with Crippen molar-refractivity contribution in [1.82, 2.24) is 0 Å². The normalized spacial score (nSPS) is 11.2. The standard InChI is InChI=1S/C18H19ClO7/c1-10(2)16(21)24-8-13(26-17(22)11(3)4)9-25-18(23)12-5-6-15(20)14(19)7-12/h5-7,13,20H,1,3,8-9H2,2,4H3. The van der Waals surface area contributed by atoms with Gasteiger partial charge >= 0.3 is 17.9 Å². The van der Waals surface area contributed by atoms with Crippen LogP contribution in [-0.2, 0) is 23.8 Å². The number of phenolic OH excluding ortho intramolecular Hbond substituents is 1. The Morgan fingerprint density at radius 1 is 1.08 bits per heavy atom. The molecule has 0 radical (unpaired) electrons. The maximum absolute atomic E-state index is 12.0. The topological polar surface area (TPSA) is 99.1 Å². The Balaban J connectivity index is 2.73. The zero-order valence-electron chi connectivity index (χ0n) is 14.4. The zero-order valence-corrected chi connectivity index (χ0v) is 15.2. The van der Waals surface area contributed by atoms with Gasteiger partial charge < -0.3 is 19.3 Å². The van der Waals surface area contributed by atoms with Gasteiger partial charge in [0.15, 0.2) is 6.10 Å². The van der Waals surface area contributed by atoms with Gasteiger partial charge in [-0.1, -0.05) is 24.8 Å². The summed E-state index contributed by atoms with van der Waals surface area (Å²) in [7, 11) is 0. The maximum Gasteiger partial charge on any atom is 0.338 e. The molecule has 0 saturated heterocycles. The summed E-state index contributed by atoms with van der Waals surface area (Å²) >= 11 is 5.74. The highest BCUT2D eigenvalue weighted by Crippen LogP contribution is 2.24. The molecular formula is C18H19ClO7. The quantitative estimate of drug-likeness (QED) is 0.419. The molecule has 0 aliphatic carbocycles. The molecule has 0 spiro atoms. The summed E-state index contributed by atoms with van der Waals surface area (Å²) in [5.41, 5.74) is 0.403. The number of hydrogen-bond donors (Lipinski definition) is 1. The highest BCUT2D eigenvalue weighted by atomic mass is 35.5. The molecule has 1 rings (SSSR count). The van der Waals surface area contributed by atoms with Crippen LogP contribution in [0.1, 0.15) is 24.2 Å². The van der Waals surface area contributed by atoms with Gasteiger partial charge in [0.1, 0.15) is 19.0 Å². The number of rotatable bonds is 8. The molecule has 0 bridgehead atoms. The Kier molecular flexibility index (Phi) is 7.86. The molecule has 1 aromatic rings. The summed E-state index contributed by atoms with van der Waals surface area (Å²) in [5, 5.41) is 9.34. The second kappa shape index (κ2) is 9.62. The number of carbonyl (C=O) groups is 3. The van der Waals surface area contributed by atoms with E-state index in [0.717, 1.165) is 0 Å². The molecule has 0 fully saturated rings. The van der Waals surface area contributed by atoms with Crippen molar-refractivity contribution in [3.05, 3.63) is 53.1 Å². The SMILES string of the molecule is C=C(C)C(=O)OCC(COC(=O)c1ccc(O)c(Cl)c1)OC(=O)C(=C)C. The molecule has 0 amide bonds. The summed E-state index contributed by atoms with van der Waals surface area (Å²) in [6.07, 6.45) is -1.03. The lowest BCUT2D eigenvalue weighted by molar-refractivity contribution is -0.156. The molecule has 1 unspecified atom stereocenters. The largest absolute Gasteiger partial charge is 0.506 e. The van der Waals surface area contributed by atoms with Gasteiger partial charge in [0, 0.05) is 11.1 Å². The van der Waals surface area contributed by atoms with Crippen molar-refractivity contribution in [2.24, 2.45) is 0 Å². The molecule has 7 nitrogen and oxygen atoms in total. The minimum absolute atomic E-state index is 0.0138. The summed E-state index contributed by atoms with van der Waals surface area (Å²) in [4.78, 5) is 35.2. The van der Waals surface area contributed by atoms with Crippen LogP contribution in [0.4, 0.5) is 0 Å². The van der Waals surface area contributed by atoms with E-state index in [9.17, 15) is 19.5 Å². The van der Waals surface area contributed by atoms with Crippen LogP contribution in [0.15, 0.2) is 42.5 Å². The lowest BCUT2D eigenvalue weighted by atomic mass is 10.2. The number of ether oxygens (including phenoxy) is 3. The van der Waals surface area contributed by atoms with Crippen LogP contribution in [0.2, 0.25) is 5.02 Å². The van der Waals surface area contributed by atoms with Crippen LogP contribution in [-0.4, -0.2) is 42.3 Å². The lowest BCUT2D eigenvalue weighted by Crippen LogP contribution is -2.31. The number of aromatic hydroxyl groups is 1. The van der Waals surface area contributed by atoms with Gasteiger partial charge in [0.25, 0.3) is 0 Å². The van der Waals surface area contributed by atoms with Crippen LogP contribution in [0.5, 0.6) is 5.75 Å². The van der Waals surface area contributed by atoms with E-state index in [1.807, 2.05) is 0 Å². The van der Waals surface area contributed by atoms with Gasteiger partial charge in [0.2, 0.25) is 0 Å². The number of benzene rings is 1. The first-order chi connectivity index (χ1) is 12.1. The van der Waals surface area contributed by atoms with E-state index in [4.69, 9.17) is 25.8 Å². The summed E-state index contributed by atoms with van der Waals surface area (Å²) in [6.45, 7) is 9.11. The van der Waals surface area contributed by atoms with E-state index in [0.29, 0.717) is 0 Å². The highest BCUT2D eigenvalue weighted by molar-refractivity contribution is 6.32. The Hall–Kier alpha value is -2.80. The minimum atomic E-state index is -1.03. The van der Waals surface area contributed by atoms with Gasteiger partial charge in [-0.05, 0) is 32.0 Å². The number of esters is 3. The van der Waals surface area contributed by atoms with Crippen LogP contribution in [0, 0.1) is 0 Å². The fourth-order valence-electron chi connectivity index (χ4n) is 1.55. The first-order valence-electron chi connectivity index (χ1n) is 7.46. The first kappa shape index (κ1) is 21.2. The molecule has 0 saturated carbocycles. The monoisotopic (exact) mass is 382 g/mol. The third-order valence-electron chi connectivity index (χ3n) is 2.95. The van der Waals surface area contributed by atoms with Crippen molar-refractivity contribution < 1.29 is 33.7 Å². The Bertz CT molecular complexity index is 739. The second-order valence-corrected chi connectivity index (χ2v) is 5.86. The van der Waals surface area contributed by atoms with Crippen molar-refractivity contribution in [2.45, 2.75) is 20.0 Å². The molecule has 1 aromatic carbocycles. The third-order valence-corrected chi connectivity index (χ3v) is 3.26. The van der Waals surface area contributed by atoms with E-state index < -0.39 is 24.0 Å². The van der Waals surface area contributed by atoms with E-state index in [-0.39, 0.29) is 40.7 Å². The Morgan fingerprint density at radius 3 is 2.19 bits per heavy atom. The average Bonchev–Trinajstić information content (AvgIpc) is 2.58. The summed E-state index contributed by atoms with van der Waals surface area (Å²) in [6, 6.07) is 3.79. The smallest absolute Gasteiger partial charge is 0.338 e. The van der Waals surface area contributed by atoms with Crippen molar-refractivity contribution in [1.29, 1.82) is 0 Å². The molecule has 0 aliphatic heterocycles. The highest BCUT2D eigenvalue weighted by Gasteiger charge is 2.21. The number of carbonyl (C=O) groups excluding carboxylic acids is 3. The fourth-order valence-corrected chi connectivity index (χ4v) is 1.73. The van der Waals surface area contributed by atoms with E-state index in [2.05, 4.69) is 13.2 Å². The third kappa shape index (κ3) is 6.60. The number of halogens is 1. The Labute approximate surface area is 155 Å². The summed E-state index contributed by atoms with van der Waals surface area (Å²) < 4.78 is 15.1. The van der Waals surface area contributed by atoms with Crippen LogP contribution < -0.4 is 0 Å². The lowest BCUT2D eigenvalue weighted by Gasteiger charge is -2.18. The van der Waals surface area contributed by atoms with Crippen molar-refractivity contribution in [3.8, 4) is 5.75 Å². The molecule has 26 heavy (non-hydrogen) atoms. The molecule has 0 aromatic heterocycles. The molecule has 140 valence electrons. The van der Waals surface area contributed by atoms with E-state index in [1.165, 1.54) is 32.0 Å². The predicted molar refractivity (Wildman–Crippen MR) is 93.9 cm³/mol. The number of hydrogen-bond acceptors (Lipinski definition) is 7. The van der Waals surface area contributed by atoms with E-state index >= 15 is 0 Å². The van der Waals surface area contributed by atoms with Crippen molar-refractivity contribution in [3.63, 3.8) is 0 Å². The molecule has 1 N–H and O–H groups in total. The van der Waals surface area contributed by atoms with E-state index in [1.54, 1.807) is 0 Å². The summed E-state index contributed by atoms with van der Waals surface area (Å²) in [5.74, 6) is -2.32. The molecule has 1 atom stereocenters. The van der Waals surface area contributed by atoms with Gasteiger partial charge in [-0.25, -0.2) is 14.4 Å². The predicted octanol–water partition coefficient (Wildman–Crippen LogP) is 2.81. The van der Waals surface area contributed by atoms with Crippen molar-refractivity contribution >= 4 is 29.5 Å². The van der Waals surface area contributed by atoms with Gasteiger partial charge in [-0.2, -0.15) is 0 Å². The van der Waals surface area contributed by atoms with Crippen LogP contribution in [0.3, 0.4) is 0 Å². The van der Waals surface area contributed by atoms with Crippen molar-refractivity contribution in [2.75, 3.05) is 13.2 Å². The molecule has 0 heterocycles. The number of phenols is 1. The van der Waals surface area contributed by atoms with Crippen LogP contribution in [0.25, 0.3) is 0 Å². The maximum atomic E-state index is 12.0. The minimum Gasteiger partial charge on any atom is -0.506 e. The van der Waals surface area contributed by atoms with Gasteiger partial charge in [-0.15, -0.1) is 0 Å². The molecule has 0 aliphatic rings. The Morgan fingerprint density at radius 2 is 1.65 bits per heavy atom. The first-order valence-corrected chi connectivity index (χ1v) is 7.84. The average molecular weight is 383 g/mol. The fraction of sp³-hybridized carbons (Fsp3) is 0.278. The molecule has 8 heteroatoms. The molecular weight excluding hydrogens is 364 g/mol. The second-order valence-electron chi connectivity index (χ2n) is 5.45. The van der Waals surface area contributed by atoms with Crippen LogP contribution >= 0.6 is 11.6 Å².